The highest BCUT2D eigenvalue weighted by Crippen LogP contribution is 2.53. The lowest BCUT2D eigenvalue weighted by Crippen LogP contribution is -2.58. The third kappa shape index (κ3) is 2.18. The van der Waals surface area contributed by atoms with Crippen molar-refractivity contribution in [3.8, 4) is 0 Å². The third-order valence-corrected chi connectivity index (χ3v) is 5.44. The number of hydrogen-bond acceptors (Lipinski definition) is 2. The summed E-state index contributed by atoms with van der Waals surface area (Å²) in [6.07, 6.45) is 6.95. The fourth-order valence-corrected chi connectivity index (χ4v) is 4.85. The fourth-order valence-electron chi connectivity index (χ4n) is 4.85. The molecular weight excluding hydrogens is 224 g/mol. The molecule has 0 aliphatic heterocycles. The van der Waals surface area contributed by atoms with Crippen LogP contribution in [-0.4, -0.2) is 24.5 Å². The number of carbonyl (C=O) groups excluding carboxylic acids is 1. The summed E-state index contributed by atoms with van der Waals surface area (Å²) in [5.74, 6) is 3.71. The molecule has 4 aliphatic rings. The Hall–Kier alpha value is -0.570. The molecule has 0 radical (unpaired) electrons. The van der Waals surface area contributed by atoms with Crippen LogP contribution in [0.3, 0.4) is 0 Å². The normalized spacial score (nSPS) is 42.9. The SMILES string of the molecule is CCNC(C)C(=O)NC1C2CC3CC(C2)CC1C3. The Bertz CT molecular complexity index is 300. The van der Waals surface area contributed by atoms with Gasteiger partial charge in [-0.2, -0.15) is 0 Å². The van der Waals surface area contributed by atoms with Crippen molar-refractivity contribution in [3.05, 3.63) is 0 Å². The summed E-state index contributed by atoms with van der Waals surface area (Å²) in [6, 6.07) is 0.429. The lowest BCUT2D eigenvalue weighted by molar-refractivity contribution is -0.126. The highest BCUT2D eigenvalue weighted by molar-refractivity contribution is 5.81. The Morgan fingerprint density at radius 3 is 2.17 bits per heavy atom. The second-order valence-electron chi connectivity index (χ2n) is 6.74. The second kappa shape index (κ2) is 4.84. The first-order chi connectivity index (χ1) is 8.67. The molecule has 0 heterocycles. The van der Waals surface area contributed by atoms with Crippen LogP contribution in [0.15, 0.2) is 0 Å². The van der Waals surface area contributed by atoms with E-state index in [4.69, 9.17) is 0 Å². The molecular formula is C15H26N2O. The van der Waals surface area contributed by atoms with Gasteiger partial charge in [0.25, 0.3) is 0 Å². The van der Waals surface area contributed by atoms with Gasteiger partial charge in [0.1, 0.15) is 0 Å². The average Bonchev–Trinajstić information content (AvgIpc) is 2.33. The first-order valence-electron chi connectivity index (χ1n) is 7.71. The van der Waals surface area contributed by atoms with Crippen LogP contribution in [0.2, 0.25) is 0 Å². The number of likely N-dealkylation sites (N-methyl/N-ethyl adjacent to an activating group) is 1. The summed E-state index contributed by atoms with van der Waals surface area (Å²) in [5, 5.41) is 6.55. The highest BCUT2D eigenvalue weighted by Gasteiger charge is 2.48. The quantitative estimate of drug-likeness (QED) is 0.800. The minimum atomic E-state index is -0.0489. The van der Waals surface area contributed by atoms with Crippen molar-refractivity contribution in [1.29, 1.82) is 0 Å². The predicted molar refractivity (Wildman–Crippen MR) is 72.1 cm³/mol. The first-order valence-corrected chi connectivity index (χ1v) is 7.71. The maximum absolute atomic E-state index is 12.2. The van der Waals surface area contributed by atoms with Crippen LogP contribution < -0.4 is 10.6 Å². The van der Waals surface area contributed by atoms with Crippen LogP contribution in [0.5, 0.6) is 0 Å². The van der Waals surface area contributed by atoms with Crippen molar-refractivity contribution < 1.29 is 4.79 Å². The van der Waals surface area contributed by atoms with Gasteiger partial charge in [-0.15, -0.1) is 0 Å². The topological polar surface area (TPSA) is 41.1 Å². The molecule has 0 aromatic rings. The van der Waals surface area contributed by atoms with Crippen LogP contribution in [0.4, 0.5) is 0 Å². The number of rotatable bonds is 4. The molecule has 3 nitrogen and oxygen atoms in total. The highest BCUT2D eigenvalue weighted by atomic mass is 16.2. The molecule has 4 rings (SSSR count). The Balaban J connectivity index is 1.61. The van der Waals surface area contributed by atoms with E-state index in [0.29, 0.717) is 6.04 Å². The van der Waals surface area contributed by atoms with Gasteiger partial charge in [-0.1, -0.05) is 6.92 Å². The van der Waals surface area contributed by atoms with Crippen LogP contribution in [0.25, 0.3) is 0 Å². The Morgan fingerprint density at radius 2 is 1.67 bits per heavy atom. The molecule has 0 spiro atoms. The van der Waals surface area contributed by atoms with Crippen molar-refractivity contribution in [1.82, 2.24) is 10.6 Å². The van der Waals surface area contributed by atoms with E-state index in [1.165, 1.54) is 32.1 Å². The smallest absolute Gasteiger partial charge is 0.237 e. The lowest BCUT2D eigenvalue weighted by atomic mass is 9.54. The molecule has 0 saturated heterocycles. The average molecular weight is 250 g/mol. The van der Waals surface area contributed by atoms with E-state index >= 15 is 0 Å². The summed E-state index contributed by atoms with van der Waals surface area (Å²) in [5.41, 5.74) is 0. The molecule has 3 heteroatoms. The monoisotopic (exact) mass is 250 g/mol. The first kappa shape index (κ1) is 12.5. The second-order valence-corrected chi connectivity index (χ2v) is 6.74. The van der Waals surface area contributed by atoms with Crippen LogP contribution >= 0.6 is 0 Å². The van der Waals surface area contributed by atoms with Crippen molar-refractivity contribution in [2.45, 2.75) is 58.0 Å². The minimum absolute atomic E-state index is 0.0489. The standard InChI is InChI=1S/C15H26N2O/c1-3-16-9(2)15(18)17-14-12-5-10-4-11(7-12)8-13(14)6-10/h9-14,16H,3-8H2,1-2H3,(H,17,18). The van der Waals surface area contributed by atoms with Gasteiger partial charge in [0, 0.05) is 6.04 Å². The van der Waals surface area contributed by atoms with E-state index in [1.54, 1.807) is 0 Å². The fraction of sp³-hybridized carbons (Fsp3) is 0.933. The lowest BCUT2D eigenvalue weighted by Gasteiger charge is -2.54. The Morgan fingerprint density at radius 1 is 1.11 bits per heavy atom. The van der Waals surface area contributed by atoms with E-state index in [1.807, 2.05) is 13.8 Å². The van der Waals surface area contributed by atoms with Gasteiger partial charge in [0.15, 0.2) is 0 Å². The zero-order chi connectivity index (χ0) is 12.7. The number of amides is 1. The zero-order valence-corrected chi connectivity index (χ0v) is 11.6. The van der Waals surface area contributed by atoms with Crippen LogP contribution in [-0.2, 0) is 4.79 Å². The maximum Gasteiger partial charge on any atom is 0.237 e. The van der Waals surface area contributed by atoms with Gasteiger partial charge in [0.2, 0.25) is 5.91 Å². The van der Waals surface area contributed by atoms with E-state index in [2.05, 4.69) is 10.6 Å². The summed E-state index contributed by atoms with van der Waals surface area (Å²) in [6.45, 7) is 4.87. The van der Waals surface area contributed by atoms with E-state index < -0.39 is 0 Å². The molecule has 1 atom stereocenters. The van der Waals surface area contributed by atoms with Crippen molar-refractivity contribution in [2.75, 3.05) is 6.54 Å². The molecule has 2 N–H and O–H groups in total. The van der Waals surface area contributed by atoms with Gasteiger partial charge in [-0.3, -0.25) is 4.79 Å². The molecule has 102 valence electrons. The number of nitrogens with one attached hydrogen (secondary N) is 2. The molecule has 1 amide bonds. The van der Waals surface area contributed by atoms with Crippen LogP contribution in [0, 0.1) is 23.7 Å². The summed E-state index contributed by atoms with van der Waals surface area (Å²) in [4.78, 5) is 12.2. The van der Waals surface area contributed by atoms with Crippen LogP contribution in [0.1, 0.15) is 46.0 Å². The minimum Gasteiger partial charge on any atom is -0.351 e. The molecule has 4 bridgehead atoms. The van der Waals surface area contributed by atoms with E-state index in [9.17, 15) is 4.79 Å². The Kier molecular flexibility index (Phi) is 3.35. The molecule has 4 saturated carbocycles. The number of carbonyl (C=O) groups is 1. The largest absolute Gasteiger partial charge is 0.351 e. The summed E-state index contributed by atoms with van der Waals surface area (Å²) < 4.78 is 0. The molecule has 4 fully saturated rings. The zero-order valence-electron chi connectivity index (χ0n) is 11.6. The molecule has 0 aromatic carbocycles. The van der Waals surface area contributed by atoms with Gasteiger partial charge in [-0.05, 0) is 69.2 Å². The summed E-state index contributed by atoms with van der Waals surface area (Å²) in [7, 11) is 0. The van der Waals surface area contributed by atoms with Gasteiger partial charge in [-0.25, -0.2) is 0 Å². The molecule has 18 heavy (non-hydrogen) atoms. The van der Waals surface area contributed by atoms with E-state index in [0.717, 1.165) is 30.2 Å². The predicted octanol–water partition coefficient (Wildman–Crippen LogP) is 1.93. The molecule has 1 unspecified atom stereocenters. The maximum atomic E-state index is 12.2. The molecule has 4 aliphatic carbocycles. The van der Waals surface area contributed by atoms with E-state index in [-0.39, 0.29) is 11.9 Å². The molecule has 0 aromatic heterocycles. The van der Waals surface area contributed by atoms with Crippen molar-refractivity contribution in [2.24, 2.45) is 23.7 Å². The summed E-state index contributed by atoms with van der Waals surface area (Å²) >= 11 is 0. The van der Waals surface area contributed by atoms with Gasteiger partial charge < -0.3 is 10.6 Å². The van der Waals surface area contributed by atoms with Crippen molar-refractivity contribution >= 4 is 5.91 Å². The van der Waals surface area contributed by atoms with Crippen molar-refractivity contribution in [3.63, 3.8) is 0 Å². The third-order valence-electron chi connectivity index (χ3n) is 5.44. The van der Waals surface area contributed by atoms with Gasteiger partial charge in [0.05, 0.1) is 6.04 Å². The van der Waals surface area contributed by atoms with Gasteiger partial charge >= 0.3 is 0 Å². The number of hydrogen-bond donors (Lipinski definition) is 2. The Labute approximate surface area is 110 Å².